The SMILES string of the molecule is Cc1cc(NS(=O)(=O)c2ccc(N=Nc3c(C)[nH]n(-c4ccc([N+](=O)[O-])cc4)c3=O)cc2)no1. The average Bonchev–Trinajstić information content (AvgIpc) is 3.33. The molecule has 0 saturated heterocycles. The van der Waals surface area contributed by atoms with Crippen LogP contribution in [-0.4, -0.2) is 28.3 Å². The highest BCUT2D eigenvalue weighted by molar-refractivity contribution is 7.92. The zero-order chi connectivity index (χ0) is 24.5. The lowest BCUT2D eigenvalue weighted by Crippen LogP contribution is -2.13. The van der Waals surface area contributed by atoms with Gasteiger partial charge in [-0.2, -0.15) is 5.11 Å². The van der Waals surface area contributed by atoms with Crippen LogP contribution in [0.15, 0.2) is 79.0 Å². The van der Waals surface area contributed by atoms with Crippen LogP contribution in [0.25, 0.3) is 5.69 Å². The first-order valence-corrected chi connectivity index (χ1v) is 11.2. The third kappa shape index (κ3) is 4.61. The normalized spacial score (nSPS) is 11.7. The van der Waals surface area contributed by atoms with E-state index in [1.807, 2.05) is 0 Å². The van der Waals surface area contributed by atoms with Crippen LogP contribution in [0.3, 0.4) is 0 Å². The topological polar surface area (TPSA) is 178 Å². The standard InChI is InChI=1S/C20H17N7O6S/c1-12-11-18(24-33-12)25-34(31,32)17-9-3-14(4-10-17)21-22-19-13(2)23-26(20(19)28)15-5-7-16(8-6-15)27(29)30/h3-11,23H,1-2H3,(H,24,25). The molecule has 0 aliphatic rings. The number of nitro benzene ring substituents is 1. The van der Waals surface area contributed by atoms with Crippen LogP contribution in [-0.2, 0) is 10.0 Å². The molecule has 4 rings (SSSR count). The molecule has 13 nitrogen and oxygen atoms in total. The van der Waals surface area contributed by atoms with Crippen molar-refractivity contribution in [3.8, 4) is 5.69 Å². The first kappa shape index (κ1) is 22.6. The van der Waals surface area contributed by atoms with Gasteiger partial charge in [0.2, 0.25) is 0 Å². The van der Waals surface area contributed by atoms with Gasteiger partial charge < -0.3 is 4.52 Å². The molecule has 0 fully saturated rings. The van der Waals surface area contributed by atoms with Crippen molar-refractivity contribution < 1.29 is 17.9 Å². The second-order valence-electron chi connectivity index (χ2n) is 7.12. The van der Waals surface area contributed by atoms with Crippen molar-refractivity contribution in [1.29, 1.82) is 0 Å². The van der Waals surface area contributed by atoms with E-state index in [1.54, 1.807) is 13.8 Å². The van der Waals surface area contributed by atoms with Crippen molar-refractivity contribution in [1.82, 2.24) is 14.9 Å². The number of aromatic amines is 1. The van der Waals surface area contributed by atoms with Crippen molar-refractivity contribution in [2.75, 3.05) is 4.72 Å². The van der Waals surface area contributed by atoms with Crippen molar-refractivity contribution in [3.05, 3.63) is 86.5 Å². The molecule has 2 aromatic carbocycles. The van der Waals surface area contributed by atoms with Gasteiger partial charge in [0.15, 0.2) is 11.5 Å². The fraction of sp³-hybridized carbons (Fsp3) is 0.100. The van der Waals surface area contributed by atoms with Gasteiger partial charge in [-0.3, -0.25) is 24.7 Å². The highest BCUT2D eigenvalue weighted by atomic mass is 32.2. The summed E-state index contributed by atoms with van der Waals surface area (Å²) in [5, 5.41) is 25.3. The third-order valence-corrected chi connectivity index (χ3v) is 6.01. The number of nitrogens with zero attached hydrogens (tertiary/aromatic N) is 5. The summed E-state index contributed by atoms with van der Waals surface area (Å²) in [5.41, 5.74) is 0.581. The van der Waals surface area contributed by atoms with Crippen LogP contribution < -0.4 is 10.3 Å². The van der Waals surface area contributed by atoms with Gasteiger partial charge >= 0.3 is 0 Å². The molecular formula is C20H17N7O6S. The Kier molecular flexibility index (Phi) is 5.81. The number of benzene rings is 2. The van der Waals surface area contributed by atoms with E-state index in [2.05, 4.69) is 25.2 Å². The highest BCUT2D eigenvalue weighted by Crippen LogP contribution is 2.22. The fourth-order valence-corrected chi connectivity index (χ4v) is 3.96. The first-order chi connectivity index (χ1) is 16.1. The summed E-state index contributed by atoms with van der Waals surface area (Å²) in [7, 11) is -3.88. The van der Waals surface area contributed by atoms with Crippen LogP contribution >= 0.6 is 0 Å². The number of nitrogens with one attached hydrogen (secondary N) is 2. The van der Waals surface area contributed by atoms with Crippen LogP contribution in [0.4, 0.5) is 22.9 Å². The Morgan fingerprint density at radius 1 is 1.09 bits per heavy atom. The second kappa shape index (κ2) is 8.74. The van der Waals surface area contributed by atoms with E-state index < -0.39 is 20.5 Å². The Bertz CT molecular complexity index is 1550. The number of H-pyrrole nitrogens is 1. The molecule has 0 amide bonds. The van der Waals surface area contributed by atoms with Gasteiger partial charge in [-0.25, -0.2) is 13.1 Å². The summed E-state index contributed by atoms with van der Waals surface area (Å²) in [6.45, 7) is 3.27. The number of nitro groups is 1. The molecule has 14 heteroatoms. The number of aromatic nitrogens is 3. The first-order valence-electron chi connectivity index (χ1n) is 9.68. The molecule has 0 bridgehead atoms. The van der Waals surface area contributed by atoms with Crippen molar-refractivity contribution in [3.63, 3.8) is 0 Å². The van der Waals surface area contributed by atoms with E-state index in [-0.39, 0.29) is 22.1 Å². The van der Waals surface area contributed by atoms with Crippen LogP contribution in [0, 0.1) is 24.0 Å². The maximum absolute atomic E-state index is 12.7. The van der Waals surface area contributed by atoms with Crippen molar-refractivity contribution in [2.24, 2.45) is 10.2 Å². The van der Waals surface area contributed by atoms with Crippen LogP contribution in [0.1, 0.15) is 11.5 Å². The number of anilines is 1. The Hall–Kier alpha value is -4.59. The molecular weight excluding hydrogens is 466 g/mol. The molecule has 34 heavy (non-hydrogen) atoms. The zero-order valence-electron chi connectivity index (χ0n) is 17.8. The van der Waals surface area contributed by atoms with Crippen molar-refractivity contribution >= 4 is 32.9 Å². The van der Waals surface area contributed by atoms with Gasteiger partial charge in [0.25, 0.3) is 21.3 Å². The number of hydrogen-bond acceptors (Lipinski definition) is 9. The lowest BCUT2D eigenvalue weighted by Gasteiger charge is -2.04. The minimum absolute atomic E-state index is 0.0227. The Morgan fingerprint density at radius 3 is 2.35 bits per heavy atom. The maximum atomic E-state index is 12.7. The quantitative estimate of drug-likeness (QED) is 0.227. The summed E-state index contributed by atoms with van der Waals surface area (Å²) < 4.78 is 33.2. The van der Waals surface area contributed by atoms with Gasteiger partial charge in [0.05, 0.1) is 26.9 Å². The minimum atomic E-state index is -3.88. The summed E-state index contributed by atoms with van der Waals surface area (Å²) in [4.78, 5) is 23.0. The molecule has 0 spiro atoms. The molecule has 0 radical (unpaired) electrons. The van der Waals surface area contributed by atoms with E-state index in [9.17, 15) is 23.3 Å². The third-order valence-electron chi connectivity index (χ3n) is 4.64. The predicted octanol–water partition coefficient (Wildman–Crippen LogP) is 3.89. The summed E-state index contributed by atoms with van der Waals surface area (Å²) >= 11 is 0. The summed E-state index contributed by atoms with van der Waals surface area (Å²) in [6, 6.07) is 12.4. The molecule has 4 aromatic rings. The summed E-state index contributed by atoms with van der Waals surface area (Å²) in [6.07, 6.45) is 0. The molecule has 0 aliphatic heterocycles. The maximum Gasteiger partial charge on any atom is 0.299 e. The number of rotatable bonds is 7. The van der Waals surface area contributed by atoms with E-state index in [4.69, 9.17) is 4.52 Å². The Labute approximate surface area is 191 Å². The molecule has 0 atom stereocenters. The number of aryl methyl sites for hydroxylation is 2. The predicted molar refractivity (Wildman–Crippen MR) is 120 cm³/mol. The highest BCUT2D eigenvalue weighted by Gasteiger charge is 2.17. The average molecular weight is 483 g/mol. The molecule has 0 saturated carbocycles. The molecule has 0 aliphatic carbocycles. The second-order valence-corrected chi connectivity index (χ2v) is 8.80. The van der Waals surface area contributed by atoms with Gasteiger partial charge in [0, 0.05) is 18.2 Å². The Balaban J connectivity index is 1.54. The van der Waals surface area contributed by atoms with Gasteiger partial charge in [-0.15, -0.1) is 5.11 Å². The number of azo groups is 1. The van der Waals surface area contributed by atoms with Crippen LogP contribution in [0.2, 0.25) is 0 Å². The summed E-state index contributed by atoms with van der Waals surface area (Å²) in [5.74, 6) is 0.523. The largest absolute Gasteiger partial charge is 0.360 e. The number of sulfonamides is 1. The van der Waals surface area contributed by atoms with Crippen LogP contribution in [0.5, 0.6) is 0 Å². The minimum Gasteiger partial charge on any atom is -0.360 e. The zero-order valence-corrected chi connectivity index (χ0v) is 18.6. The molecule has 174 valence electrons. The van der Waals surface area contributed by atoms with E-state index >= 15 is 0 Å². The molecule has 2 N–H and O–H groups in total. The van der Waals surface area contributed by atoms with Crippen molar-refractivity contribution in [2.45, 2.75) is 18.7 Å². The molecule has 2 aromatic heterocycles. The monoisotopic (exact) mass is 483 g/mol. The number of hydrogen-bond donors (Lipinski definition) is 2. The Morgan fingerprint density at radius 2 is 1.76 bits per heavy atom. The molecule has 2 heterocycles. The van der Waals surface area contributed by atoms with E-state index in [0.29, 0.717) is 22.8 Å². The van der Waals surface area contributed by atoms with Gasteiger partial charge in [-0.1, -0.05) is 5.16 Å². The lowest BCUT2D eigenvalue weighted by atomic mass is 10.3. The fourth-order valence-electron chi connectivity index (χ4n) is 2.97. The van der Waals surface area contributed by atoms with Gasteiger partial charge in [-0.05, 0) is 50.2 Å². The molecule has 0 unspecified atom stereocenters. The smallest absolute Gasteiger partial charge is 0.299 e. The number of non-ortho nitro benzene ring substituents is 1. The van der Waals surface area contributed by atoms with Gasteiger partial charge in [0.1, 0.15) is 5.76 Å². The lowest BCUT2D eigenvalue weighted by molar-refractivity contribution is -0.384. The van der Waals surface area contributed by atoms with E-state index in [0.717, 1.165) is 0 Å². The van der Waals surface area contributed by atoms with E-state index in [1.165, 1.54) is 59.3 Å².